The summed E-state index contributed by atoms with van der Waals surface area (Å²) >= 11 is 0. The van der Waals surface area contributed by atoms with E-state index < -0.39 is 0 Å². The summed E-state index contributed by atoms with van der Waals surface area (Å²) in [6.07, 6.45) is 2.17. The van der Waals surface area contributed by atoms with E-state index in [0.29, 0.717) is 6.61 Å². The molecule has 25 heavy (non-hydrogen) atoms. The summed E-state index contributed by atoms with van der Waals surface area (Å²) < 4.78 is 11.7. The molecule has 0 saturated carbocycles. The minimum Gasteiger partial charge on any atom is -0.494 e. The van der Waals surface area contributed by atoms with Crippen LogP contribution < -0.4 is 14.4 Å². The highest BCUT2D eigenvalue weighted by molar-refractivity contribution is 5.95. The van der Waals surface area contributed by atoms with Gasteiger partial charge in [0.05, 0.1) is 18.8 Å². The Morgan fingerprint density at radius 3 is 2.76 bits per heavy atom. The largest absolute Gasteiger partial charge is 0.494 e. The molecule has 132 valence electrons. The summed E-state index contributed by atoms with van der Waals surface area (Å²) in [7, 11) is 0. The zero-order valence-electron chi connectivity index (χ0n) is 14.9. The van der Waals surface area contributed by atoms with Crippen molar-refractivity contribution in [3.63, 3.8) is 0 Å². The number of fused-ring (bicyclic) bond motifs is 1. The summed E-state index contributed by atoms with van der Waals surface area (Å²) in [5.41, 5.74) is 1.75. The van der Waals surface area contributed by atoms with Crippen LogP contribution in [0.4, 0.5) is 5.69 Å². The van der Waals surface area contributed by atoms with Crippen LogP contribution in [0, 0.1) is 0 Å². The molecule has 1 unspecified atom stereocenters. The van der Waals surface area contributed by atoms with Gasteiger partial charge in [0.1, 0.15) is 17.6 Å². The average molecular weight is 339 g/mol. The number of para-hydroxylation sites is 1. The number of benzene rings is 2. The molecule has 1 aliphatic heterocycles. The third-order valence-electron chi connectivity index (χ3n) is 4.35. The Bertz CT molecular complexity index is 714. The van der Waals surface area contributed by atoms with E-state index in [1.54, 1.807) is 6.92 Å². The van der Waals surface area contributed by atoms with Gasteiger partial charge in [0.2, 0.25) is 0 Å². The van der Waals surface area contributed by atoms with Crippen molar-refractivity contribution in [3.8, 4) is 11.5 Å². The van der Waals surface area contributed by atoms with Crippen LogP contribution >= 0.6 is 0 Å². The molecule has 0 aliphatic carbocycles. The molecule has 1 aliphatic rings. The van der Waals surface area contributed by atoms with E-state index in [0.717, 1.165) is 48.7 Å². The zero-order chi connectivity index (χ0) is 17.6. The second-order valence-electron chi connectivity index (χ2n) is 6.48. The van der Waals surface area contributed by atoms with E-state index in [4.69, 9.17) is 9.47 Å². The summed E-state index contributed by atoms with van der Waals surface area (Å²) in [5, 5.41) is 0. The highest BCUT2D eigenvalue weighted by Crippen LogP contribution is 2.34. The number of hydrogen-bond donors (Lipinski definition) is 0. The Hall–Kier alpha value is -2.49. The van der Waals surface area contributed by atoms with Gasteiger partial charge in [0.15, 0.2) is 5.78 Å². The topological polar surface area (TPSA) is 38.8 Å². The maximum absolute atomic E-state index is 11.7. The number of nitrogens with zero attached hydrogens (tertiary/aromatic N) is 1. The molecule has 0 aromatic heterocycles. The van der Waals surface area contributed by atoms with Crippen molar-refractivity contribution in [3.05, 3.63) is 54.1 Å². The van der Waals surface area contributed by atoms with E-state index >= 15 is 0 Å². The first-order chi connectivity index (χ1) is 12.1. The first kappa shape index (κ1) is 17.3. The lowest BCUT2D eigenvalue weighted by molar-refractivity contribution is 0.101. The van der Waals surface area contributed by atoms with Gasteiger partial charge in [0.25, 0.3) is 0 Å². The van der Waals surface area contributed by atoms with Crippen molar-refractivity contribution in [2.75, 3.05) is 24.6 Å². The Balaban J connectivity index is 1.55. The molecule has 0 N–H and O–H groups in total. The van der Waals surface area contributed by atoms with Crippen LogP contribution in [0.2, 0.25) is 0 Å². The molecule has 1 atom stereocenters. The molecule has 0 fully saturated rings. The fourth-order valence-electron chi connectivity index (χ4n) is 3.07. The monoisotopic (exact) mass is 339 g/mol. The van der Waals surface area contributed by atoms with Crippen molar-refractivity contribution in [2.24, 2.45) is 0 Å². The first-order valence-corrected chi connectivity index (χ1v) is 8.88. The Kier molecular flexibility index (Phi) is 5.59. The lowest BCUT2D eigenvalue weighted by Gasteiger charge is -2.35. The third-order valence-corrected chi connectivity index (χ3v) is 4.35. The highest BCUT2D eigenvalue weighted by Gasteiger charge is 2.23. The molecule has 2 aromatic carbocycles. The molecule has 4 heteroatoms. The third kappa shape index (κ3) is 4.53. The summed E-state index contributed by atoms with van der Waals surface area (Å²) in [6.45, 7) is 6.16. The van der Waals surface area contributed by atoms with Crippen LogP contribution in [-0.2, 0) is 0 Å². The molecule has 1 heterocycles. The quantitative estimate of drug-likeness (QED) is 0.556. The van der Waals surface area contributed by atoms with Crippen LogP contribution in [0.25, 0.3) is 0 Å². The van der Waals surface area contributed by atoms with Gasteiger partial charge in [-0.1, -0.05) is 18.2 Å². The maximum atomic E-state index is 11.7. The number of unbranched alkanes of at least 4 members (excludes halogenated alkanes) is 1. The van der Waals surface area contributed by atoms with Gasteiger partial charge in [0, 0.05) is 12.1 Å². The van der Waals surface area contributed by atoms with E-state index in [1.807, 2.05) is 48.5 Å². The lowest BCUT2D eigenvalue weighted by Crippen LogP contribution is -2.39. The number of anilines is 1. The minimum atomic E-state index is 0.0811. The average Bonchev–Trinajstić information content (AvgIpc) is 2.61. The smallest absolute Gasteiger partial charge is 0.159 e. The SMILES string of the molecule is CC(=O)c1ccc2c(c1)N(CCCCOc1ccccc1)CC(C)O2. The van der Waals surface area contributed by atoms with Crippen molar-refractivity contribution in [1.29, 1.82) is 0 Å². The number of hydrogen-bond acceptors (Lipinski definition) is 4. The van der Waals surface area contributed by atoms with Crippen LogP contribution in [-0.4, -0.2) is 31.6 Å². The molecule has 2 aromatic rings. The number of Topliss-reactive ketones (excluding diaryl/α,β-unsaturated/α-hetero) is 1. The molecule has 0 saturated heterocycles. The van der Waals surface area contributed by atoms with Crippen LogP contribution in [0.15, 0.2) is 48.5 Å². The molecule has 0 bridgehead atoms. The molecule has 0 radical (unpaired) electrons. The number of ether oxygens (including phenoxy) is 2. The van der Waals surface area contributed by atoms with Gasteiger partial charge < -0.3 is 14.4 Å². The standard InChI is InChI=1S/C21H25NO3/c1-16-15-22(12-6-7-13-24-19-8-4-3-5-9-19)20-14-18(17(2)23)10-11-21(20)25-16/h3-5,8-11,14,16H,6-7,12-13,15H2,1-2H3. The van der Waals surface area contributed by atoms with E-state index in [2.05, 4.69) is 11.8 Å². The first-order valence-electron chi connectivity index (χ1n) is 8.88. The predicted molar refractivity (Wildman–Crippen MR) is 99.9 cm³/mol. The lowest BCUT2D eigenvalue weighted by atomic mass is 10.1. The normalized spacial score (nSPS) is 16.1. The van der Waals surface area contributed by atoms with E-state index in [9.17, 15) is 4.79 Å². The Morgan fingerprint density at radius 2 is 2.00 bits per heavy atom. The van der Waals surface area contributed by atoms with Crippen LogP contribution in [0.5, 0.6) is 11.5 Å². The number of rotatable bonds is 7. The minimum absolute atomic E-state index is 0.0811. The second kappa shape index (κ2) is 8.06. The van der Waals surface area contributed by atoms with Crippen molar-refractivity contribution >= 4 is 11.5 Å². The fourth-order valence-corrected chi connectivity index (χ4v) is 3.07. The molecule has 0 amide bonds. The van der Waals surface area contributed by atoms with Crippen molar-refractivity contribution in [1.82, 2.24) is 0 Å². The Labute approximate surface area is 149 Å². The van der Waals surface area contributed by atoms with Gasteiger partial charge >= 0.3 is 0 Å². The number of carbonyl (C=O) groups excluding carboxylic acids is 1. The van der Waals surface area contributed by atoms with Gasteiger partial charge in [-0.15, -0.1) is 0 Å². The maximum Gasteiger partial charge on any atom is 0.159 e. The van der Waals surface area contributed by atoms with Gasteiger partial charge in [-0.2, -0.15) is 0 Å². The molecule has 3 rings (SSSR count). The second-order valence-corrected chi connectivity index (χ2v) is 6.48. The van der Waals surface area contributed by atoms with Gasteiger partial charge in [-0.25, -0.2) is 0 Å². The van der Waals surface area contributed by atoms with Crippen molar-refractivity contribution in [2.45, 2.75) is 32.8 Å². The molecule has 4 nitrogen and oxygen atoms in total. The van der Waals surface area contributed by atoms with Gasteiger partial charge in [-0.3, -0.25) is 4.79 Å². The highest BCUT2D eigenvalue weighted by atomic mass is 16.5. The van der Waals surface area contributed by atoms with Crippen LogP contribution in [0.3, 0.4) is 0 Å². The predicted octanol–water partition coefficient (Wildman–Crippen LogP) is 4.34. The van der Waals surface area contributed by atoms with Crippen LogP contribution in [0.1, 0.15) is 37.0 Å². The van der Waals surface area contributed by atoms with Crippen molar-refractivity contribution < 1.29 is 14.3 Å². The fraction of sp³-hybridized carbons (Fsp3) is 0.381. The summed E-state index contributed by atoms with van der Waals surface area (Å²) in [6, 6.07) is 15.6. The van der Waals surface area contributed by atoms with Gasteiger partial charge in [-0.05, 0) is 57.0 Å². The molecule has 0 spiro atoms. The summed E-state index contributed by atoms with van der Waals surface area (Å²) in [5.74, 6) is 1.86. The van der Waals surface area contributed by atoms with E-state index in [1.165, 1.54) is 0 Å². The Morgan fingerprint density at radius 1 is 1.20 bits per heavy atom. The zero-order valence-corrected chi connectivity index (χ0v) is 14.9. The molecular weight excluding hydrogens is 314 g/mol. The number of carbonyl (C=O) groups is 1. The molecular formula is C21H25NO3. The van der Waals surface area contributed by atoms with E-state index in [-0.39, 0.29) is 11.9 Å². The number of ketones is 1. The summed E-state index contributed by atoms with van der Waals surface area (Å²) in [4.78, 5) is 14.0.